The fraction of sp³-hybridized carbons (Fsp3) is 1.00. The van der Waals surface area contributed by atoms with Crippen LogP contribution in [-0.2, 0) is 4.74 Å². The predicted octanol–water partition coefficient (Wildman–Crippen LogP) is 3.11. The first-order chi connectivity index (χ1) is 9.20. The van der Waals surface area contributed by atoms with Crippen molar-refractivity contribution in [1.82, 2.24) is 5.32 Å². The number of rotatable bonds is 11. The normalized spacial score (nSPS) is 19.7. The van der Waals surface area contributed by atoms with Crippen LogP contribution in [0.15, 0.2) is 0 Å². The Morgan fingerprint density at radius 3 is 2.63 bits per heavy atom. The quantitative estimate of drug-likeness (QED) is 0.567. The van der Waals surface area contributed by atoms with Crippen molar-refractivity contribution in [2.24, 2.45) is 5.92 Å². The van der Waals surface area contributed by atoms with Crippen molar-refractivity contribution >= 4 is 0 Å². The van der Waals surface area contributed by atoms with Gasteiger partial charge in [-0.1, -0.05) is 19.8 Å². The van der Waals surface area contributed by atoms with E-state index >= 15 is 0 Å². The molecule has 0 amide bonds. The largest absolute Gasteiger partial charge is 0.394 e. The van der Waals surface area contributed by atoms with E-state index in [1.165, 1.54) is 25.7 Å². The minimum Gasteiger partial charge on any atom is -0.394 e. The first-order valence-electron chi connectivity index (χ1n) is 8.14. The molecule has 1 aliphatic rings. The Kier molecular flexibility index (Phi) is 8.67. The standard InChI is InChI=1S/C16H33NO2/c1-3-11-17-16(2,14-18)10-6-7-12-19-13-15-8-4-5-9-15/h15,17-18H,3-14H2,1-2H3. The molecule has 0 aromatic carbocycles. The molecule has 0 bridgehead atoms. The van der Waals surface area contributed by atoms with Crippen molar-refractivity contribution in [1.29, 1.82) is 0 Å². The molecule has 19 heavy (non-hydrogen) atoms. The molecule has 1 atom stereocenters. The third kappa shape index (κ3) is 7.28. The van der Waals surface area contributed by atoms with Gasteiger partial charge in [-0.05, 0) is 57.9 Å². The summed E-state index contributed by atoms with van der Waals surface area (Å²) in [5, 5.41) is 12.9. The molecule has 3 heteroatoms. The van der Waals surface area contributed by atoms with Gasteiger partial charge >= 0.3 is 0 Å². The second-order valence-corrected chi connectivity index (χ2v) is 6.33. The fourth-order valence-corrected chi connectivity index (χ4v) is 2.80. The van der Waals surface area contributed by atoms with Gasteiger partial charge in [0.05, 0.1) is 6.61 Å². The molecule has 3 nitrogen and oxygen atoms in total. The van der Waals surface area contributed by atoms with Gasteiger partial charge in [0.1, 0.15) is 0 Å². The fourth-order valence-electron chi connectivity index (χ4n) is 2.80. The van der Waals surface area contributed by atoms with Crippen molar-refractivity contribution in [3.8, 4) is 0 Å². The molecule has 0 spiro atoms. The van der Waals surface area contributed by atoms with Crippen LogP contribution in [0.3, 0.4) is 0 Å². The summed E-state index contributed by atoms with van der Waals surface area (Å²) in [6.45, 7) is 7.31. The molecule has 1 aliphatic carbocycles. The van der Waals surface area contributed by atoms with E-state index in [1.54, 1.807) is 0 Å². The highest BCUT2D eigenvalue weighted by Crippen LogP contribution is 2.24. The van der Waals surface area contributed by atoms with Gasteiger partial charge < -0.3 is 15.2 Å². The van der Waals surface area contributed by atoms with Crippen molar-refractivity contribution in [2.45, 2.75) is 70.8 Å². The number of aliphatic hydroxyl groups excluding tert-OH is 1. The molecule has 1 fully saturated rings. The minimum absolute atomic E-state index is 0.110. The number of hydrogen-bond donors (Lipinski definition) is 2. The molecule has 2 N–H and O–H groups in total. The summed E-state index contributed by atoms with van der Waals surface area (Å²) >= 11 is 0. The van der Waals surface area contributed by atoms with Crippen LogP contribution >= 0.6 is 0 Å². The lowest BCUT2D eigenvalue weighted by Gasteiger charge is -2.28. The van der Waals surface area contributed by atoms with E-state index in [-0.39, 0.29) is 12.1 Å². The van der Waals surface area contributed by atoms with Crippen molar-refractivity contribution in [3.63, 3.8) is 0 Å². The van der Waals surface area contributed by atoms with Crippen LogP contribution in [-0.4, -0.2) is 37.0 Å². The van der Waals surface area contributed by atoms with Gasteiger partial charge in [0.15, 0.2) is 0 Å². The molecule has 114 valence electrons. The maximum atomic E-state index is 9.46. The Morgan fingerprint density at radius 1 is 1.26 bits per heavy atom. The lowest BCUT2D eigenvalue weighted by Crippen LogP contribution is -2.46. The van der Waals surface area contributed by atoms with Crippen molar-refractivity contribution in [3.05, 3.63) is 0 Å². The number of hydrogen-bond acceptors (Lipinski definition) is 3. The molecule has 0 aromatic heterocycles. The smallest absolute Gasteiger partial charge is 0.0610 e. The van der Waals surface area contributed by atoms with E-state index in [2.05, 4.69) is 19.2 Å². The van der Waals surface area contributed by atoms with E-state index in [1.807, 2.05) is 0 Å². The Balaban J connectivity index is 1.98. The van der Waals surface area contributed by atoms with Crippen LogP contribution in [0.2, 0.25) is 0 Å². The van der Waals surface area contributed by atoms with Crippen LogP contribution in [0.5, 0.6) is 0 Å². The van der Waals surface area contributed by atoms with E-state index < -0.39 is 0 Å². The topological polar surface area (TPSA) is 41.5 Å². The first-order valence-corrected chi connectivity index (χ1v) is 8.14. The highest BCUT2D eigenvalue weighted by molar-refractivity contribution is 4.81. The summed E-state index contributed by atoms with van der Waals surface area (Å²) in [4.78, 5) is 0. The van der Waals surface area contributed by atoms with Crippen molar-refractivity contribution in [2.75, 3.05) is 26.4 Å². The maximum Gasteiger partial charge on any atom is 0.0610 e. The van der Waals surface area contributed by atoms with Gasteiger partial charge in [0, 0.05) is 18.8 Å². The second kappa shape index (κ2) is 9.73. The third-order valence-corrected chi connectivity index (χ3v) is 4.25. The summed E-state index contributed by atoms with van der Waals surface area (Å²) in [5.74, 6) is 0.828. The van der Waals surface area contributed by atoms with Crippen LogP contribution in [0, 0.1) is 5.92 Å². The average molecular weight is 271 g/mol. The zero-order chi connectivity index (χ0) is 14.0. The molecule has 1 unspecified atom stereocenters. The van der Waals surface area contributed by atoms with Crippen LogP contribution in [0.25, 0.3) is 0 Å². The van der Waals surface area contributed by atoms with Gasteiger partial charge in [-0.15, -0.1) is 0 Å². The molecule has 0 saturated heterocycles. The van der Waals surface area contributed by atoms with E-state index in [0.717, 1.165) is 51.4 Å². The molecular weight excluding hydrogens is 238 g/mol. The van der Waals surface area contributed by atoms with Gasteiger partial charge in [-0.3, -0.25) is 0 Å². The SMILES string of the molecule is CCCNC(C)(CO)CCCCOCC1CCCC1. The Labute approximate surface area is 119 Å². The van der Waals surface area contributed by atoms with Gasteiger partial charge in [0.25, 0.3) is 0 Å². The number of nitrogens with one attached hydrogen (secondary N) is 1. The Hall–Kier alpha value is -0.120. The lowest BCUT2D eigenvalue weighted by molar-refractivity contribution is 0.0941. The van der Waals surface area contributed by atoms with Crippen LogP contribution in [0.4, 0.5) is 0 Å². The molecule has 0 aliphatic heterocycles. The molecule has 1 saturated carbocycles. The summed E-state index contributed by atoms with van der Waals surface area (Å²) in [7, 11) is 0. The predicted molar refractivity (Wildman–Crippen MR) is 80.4 cm³/mol. The molecule has 0 heterocycles. The monoisotopic (exact) mass is 271 g/mol. The Morgan fingerprint density at radius 2 is 2.00 bits per heavy atom. The molecule has 0 aromatic rings. The summed E-state index contributed by atoms with van der Waals surface area (Å²) in [6, 6.07) is 0. The van der Waals surface area contributed by atoms with Crippen LogP contribution in [0.1, 0.15) is 65.2 Å². The van der Waals surface area contributed by atoms with E-state index in [0.29, 0.717) is 0 Å². The lowest BCUT2D eigenvalue weighted by atomic mass is 9.95. The zero-order valence-electron chi connectivity index (χ0n) is 12.9. The van der Waals surface area contributed by atoms with Gasteiger partial charge in [-0.2, -0.15) is 0 Å². The molecule has 0 radical (unpaired) electrons. The minimum atomic E-state index is -0.110. The first kappa shape index (κ1) is 16.9. The third-order valence-electron chi connectivity index (χ3n) is 4.25. The van der Waals surface area contributed by atoms with Crippen LogP contribution < -0.4 is 5.32 Å². The average Bonchev–Trinajstić information content (AvgIpc) is 2.93. The van der Waals surface area contributed by atoms with E-state index in [4.69, 9.17) is 4.74 Å². The highest BCUT2D eigenvalue weighted by atomic mass is 16.5. The van der Waals surface area contributed by atoms with Gasteiger partial charge in [0.2, 0.25) is 0 Å². The maximum absolute atomic E-state index is 9.46. The molecular formula is C16H33NO2. The van der Waals surface area contributed by atoms with E-state index in [9.17, 15) is 5.11 Å². The Bertz CT molecular complexity index is 217. The molecule has 1 rings (SSSR count). The van der Waals surface area contributed by atoms with Gasteiger partial charge in [-0.25, -0.2) is 0 Å². The number of ether oxygens (including phenoxy) is 1. The zero-order valence-corrected chi connectivity index (χ0v) is 12.9. The summed E-state index contributed by atoms with van der Waals surface area (Å²) < 4.78 is 5.76. The second-order valence-electron chi connectivity index (χ2n) is 6.33. The summed E-state index contributed by atoms with van der Waals surface area (Å²) in [5.41, 5.74) is -0.110. The number of aliphatic hydroxyl groups is 1. The summed E-state index contributed by atoms with van der Waals surface area (Å²) in [6.07, 6.45) is 9.88. The highest BCUT2D eigenvalue weighted by Gasteiger charge is 2.21. The van der Waals surface area contributed by atoms with Crippen molar-refractivity contribution < 1.29 is 9.84 Å². The number of unbranched alkanes of at least 4 members (excludes halogenated alkanes) is 1.